The van der Waals surface area contributed by atoms with E-state index in [0.29, 0.717) is 5.56 Å². The molecule has 0 radical (unpaired) electrons. The lowest BCUT2D eigenvalue weighted by molar-refractivity contribution is 0.154. The Morgan fingerprint density at radius 1 is 1.09 bits per heavy atom. The van der Waals surface area contributed by atoms with Crippen molar-refractivity contribution in [1.82, 2.24) is 24.3 Å². The lowest BCUT2D eigenvalue weighted by Crippen LogP contribution is -2.44. The molecular formula is C33H42N8OS. The Balaban J connectivity index is 1.34. The summed E-state index contributed by atoms with van der Waals surface area (Å²) in [5.41, 5.74) is 7.21. The zero-order valence-electron chi connectivity index (χ0n) is 26.1. The lowest BCUT2D eigenvalue weighted by Gasteiger charge is -2.32. The molecule has 43 heavy (non-hydrogen) atoms. The van der Waals surface area contributed by atoms with Gasteiger partial charge in [-0.25, -0.2) is 4.98 Å². The van der Waals surface area contributed by atoms with Gasteiger partial charge in [0.1, 0.15) is 11.8 Å². The molecule has 2 aromatic carbocycles. The number of methoxy groups -OCH3 is 1. The van der Waals surface area contributed by atoms with Crippen LogP contribution in [0.2, 0.25) is 0 Å². The van der Waals surface area contributed by atoms with Gasteiger partial charge in [-0.3, -0.25) is 4.98 Å². The Kier molecular flexibility index (Phi) is 9.76. The molecule has 3 heterocycles. The van der Waals surface area contributed by atoms with Crippen LogP contribution < -0.4 is 15.4 Å². The second-order valence-electron chi connectivity index (χ2n) is 11.2. The predicted octanol–water partition coefficient (Wildman–Crippen LogP) is 6.20. The number of fused-ring (bicyclic) bond motifs is 1. The second kappa shape index (κ2) is 13.7. The van der Waals surface area contributed by atoms with Crippen LogP contribution in [0.1, 0.15) is 35.9 Å². The van der Waals surface area contributed by atoms with Crippen molar-refractivity contribution in [2.75, 3.05) is 64.1 Å². The van der Waals surface area contributed by atoms with Gasteiger partial charge in [-0.1, -0.05) is 11.8 Å². The molecular weight excluding hydrogens is 556 g/mol. The summed E-state index contributed by atoms with van der Waals surface area (Å²) in [4.78, 5) is 15.5. The molecule has 0 amide bonds. The largest absolute Gasteiger partial charge is 0.495 e. The number of hydrogen-bond acceptors (Lipinski definition) is 9. The number of benzene rings is 2. The molecule has 5 rings (SSSR count). The van der Waals surface area contributed by atoms with E-state index in [9.17, 15) is 5.26 Å². The number of pyridine rings is 1. The van der Waals surface area contributed by atoms with E-state index in [4.69, 9.17) is 9.72 Å². The van der Waals surface area contributed by atoms with Crippen LogP contribution in [0.4, 0.5) is 17.1 Å². The molecule has 2 N–H and O–H groups in total. The monoisotopic (exact) mass is 598 g/mol. The van der Waals surface area contributed by atoms with Crippen molar-refractivity contribution >= 4 is 39.7 Å². The third-order valence-electron chi connectivity index (χ3n) is 8.26. The first kappa shape index (κ1) is 30.7. The SMILES string of the molecule is CCn1c(Sc2ccc(Nc3c(C#N)cnc4cc(NCCCN5CCN(C)CC5)c(OC)cc34)cc2C)nc(C)c1C. The van der Waals surface area contributed by atoms with Gasteiger partial charge in [-0.15, -0.1) is 0 Å². The Labute approximate surface area is 259 Å². The highest BCUT2D eigenvalue weighted by molar-refractivity contribution is 7.99. The third kappa shape index (κ3) is 6.90. The molecule has 1 fully saturated rings. The number of ether oxygens (including phenoxy) is 1. The highest BCUT2D eigenvalue weighted by Gasteiger charge is 2.17. The average Bonchev–Trinajstić information content (AvgIpc) is 3.28. The van der Waals surface area contributed by atoms with E-state index in [1.165, 1.54) is 5.69 Å². The van der Waals surface area contributed by atoms with E-state index in [1.54, 1.807) is 25.1 Å². The summed E-state index contributed by atoms with van der Waals surface area (Å²) in [6.45, 7) is 15.7. The zero-order valence-corrected chi connectivity index (χ0v) is 26.9. The molecule has 1 saturated heterocycles. The van der Waals surface area contributed by atoms with Crippen molar-refractivity contribution in [1.29, 1.82) is 5.26 Å². The molecule has 0 aliphatic carbocycles. The normalized spacial score (nSPS) is 14.2. The number of anilines is 3. The first-order valence-corrected chi connectivity index (χ1v) is 15.8. The fourth-order valence-electron chi connectivity index (χ4n) is 5.50. The Hall–Kier alpha value is -3.78. The van der Waals surface area contributed by atoms with Gasteiger partial charge in [0, 0.05) is 67.1 Å². The zero-order chi connectivity index (χ0) is 30.5. The molecule has 0 bridgehead atoms. The molecule has 4 aromatic rings. The first-order valence-electron chi connectivity index (χ1n) is 15.0. The third-order valence-corrected chi connectivity index (χ3v) is 9.43. The summed E-state index contributed by atoms with van der Waals surface area (Å²) in [6.07, 6.45) is 2.69. The smallest absolute Gasteiger partial charge is 0.173 e. The number of nitrogens with zero attached hydrogens (tertiary/aromatic N) is 6. The minimum Gasteiger partial charge on any atom is -0.495 e. The van der Waals surface area contributed by atoms with E-state index in [0.717, 1.165) is 107 Å². The maximum Gasteiger partial charge on any atom is 0.173 e. The number of aromatic nitrogens is 3. The summed E-state index contributed by atoms with van der Waals surface area (Å²) < 4.78 is 8.03. The van der Waals surface area contributed by atoms with Gasteiger partial charge in [0.25, 0.3) is 0 Å². The van der Waals surface area contributed by atoms with E-state index >= 15 is 0 Å². The van der Waals surface area contributed by atoms with Gasteiger partial charge in [0.2, 0.25) is 0 Å². The van der Waals surface area contributed by atoms with Crippen LogP contribution in [0.25, 0.3) is 10.9 Å². The molecule has 2 aromatic heterocycles. The fraction of sp³-hybridized carbons (Fsp3) is 0.424. The maximum absolute atomic E-state index is 9.95. The van der Waals surface area contributed by atoms with E-state index < -0.39 is 0 Å². The molecule has 0 saturated carbocycles. The Bertz CT molecular complexity index is 1630. The van der Waals surface area contributed by atoms with E-state index in [2.05, 4.69) is 89.0 Å². The van der Waals surface area contributed by atoms with Crippen LogP contribution in [0.3, 0.4) is 0 Å². The van der Waals surface area contributed by atoms with Gasteiger partial charge in [-0.05, 0) is 83.6 Å². The molecule has 10 heteroatoms. The number of nitriles is 1. The molecule has 226 valence electrons. The number of piperazine rings is 1. The number of rotatable bonds is 11. The number of aryl methyl sites for hydroxylation is 2. The topological polar surface area (TPSA) is 94.3 Å². The van der Waals surface area contributed by atoms with Crippen LogP contribution in [-0.4, -0.2) is 77.8 Å². The Morgan fingerprint density at radius 2 is 1.88 bits per heavy atom. The van der Waals surface area contributed by atoms with Crippen molar-refractivity contribution in [2.24, 2.45) is 0 Å². The molecule has 0 spiro atoms. The van der Waals surface area contributed by atoms with Gasteiger partial charge >= 0.3 is 0 Å². The van der Waals surface area contributed by atoms with Crippen molar-refractivity contribution in [3.8, 4) is 11.8 Å². The fourth-order valence-corrected chi connectivity index (χ4v) is 6.61. The molecule has 1 aliphatic heterocycles. The number of hydrogen-bond donors (Lipinski definition) is 2. The van der Waals surface area contributed by atoms with Crippen LogP contribution in [0, 0.1) is 32.1 Å². The molecule has 0 unspecified atom stereocenters. The van der Waals surface area contributed by atoms with Crippen molar-refractivity contribution in [3.05, 3.63) is 59.0 Å². The molecule has 9 nitrogen and oxygen atoms in total. The van der Waals surface area contributed by atoms with Crippen LogP contribution in [-0.2, 0) is 6.54 Å². The summed E-state index contributed by atoms with van der Waals surface area (Å²) in [5, 5.41) is 18.9. The number of nitrogens with one attached hydrogen (secondary N) is 2. The second-order valence-corrected chi connectivity index (χ2v) is 12.2. The number of likely N-dealkylation sites (N-methyl/N-ethyl adjacent to an activating group) is 1. The summed E-state index contributed by atoms with van der Waals surface area (Å²) in [6, 6.07) is 12.6. The highest BCUT2D eigenvalue weighted by atomic mass is 32.2. The first-order chi connectivity index (χ1) is 20.8. The van der Waals surface area contributed by atoms with Crippen molar-refractivity contribution in [3.63, 3.8) is 0 Å². The standard InChI is InChI=1S/C33H42N8OS/c1-7-41-24(4)23(3)37-33(41)43-31-10-9-26(17-22(31)2)38-32-25(20-34)21-36-28-19-29(30(42-6)18-27(28)32)35-11-8-12-40-15-13-39(5)14-16-40/h9-10,17-19,21,35H,7-8,11-16H2,1-6H3,(H,36,38). The van der Waals surface area contributed by atoms with Crippen molar-refractivity contribution < 1.29 is 4.74 Å². The summed E-state index contributed by atoms with van der Waals surface area (Å²) in [5.74, 6) is 0.729. The van der Waals surface area contributed by atoms with Crippen molar-refractivity contribution in [2.45, 2.75) is 50.7 Å². The highest BCUT2D eigenvalue weighted by Crippen LogP contribution is 2.37. The molecule has 1 aliphatic rings. The minimum atomic E-state index is 0.481. The van der Waals surface area contributed by atoms with Gasteiger partial charge in [-0.2, -0.15) is 5.26 Å². The summed E-state index contributed by atoms with van der Waals surface area (Å²) in [7, 11) is 3.86. The lowest BCUT2D eigenvalue weighted by atomic mass is 10.1. The van der Waals surface area contributed by atoms with Crippen LogP contribution in [0.5, 0.6) is 5.75 Å². The Morgan fingerprint density at radius 3 is 2.58 bits per heavy atom. The minimum absolute atomic E-state index is 0.481. The van der Waals surface area contributed by atoms with E-state index in [1.807, 2.05) is 12.1 Å². The average molecular weight is 599 g/mol. The van der Waals surface area contributed by atoms with Gasteiger partial charge in [0.15, 0.2) is 5.16 Å². The van der Waals surface area contributed by atoms with Gasteiger partial charge < -0.3 is 29.7 Å². The number of imidazole rings is 1. The predicted molar refractivity (Wildman–Crippen MR) is 176 cm³/mol. The van der Waals surface area contributed by atoms with Gasteiger partial charge in [0.05, 0.1) is 35.3 Å². The summed E-state index contributed by atoms with van der Waals surface area (Å²) >= 11 is 1.68. The van der Waals surface area contributed by atoms with Crippen LogP contribution >= 0.6 is 11.8 Å². The van der Waals surface area contributed by atoms with Crippen LogP contribution in [0.15, 0.2) is 46.6 Å². The maximum atomic E-state index is 9.95. The molecule has 0 atom stereocenters. The quantitative estimate of drug-likeness (QED) is 0.196. The van der Waals surface area contributed by atoms with E-state index in [-0.39, 0.29) is 0 Å².